The number of allylic oxidation sites excluding steroid dienone is 1. The first-order chi connectivity index (χ1) is 4.70. The first-order valence-electron chi connectivity index (χ1n) is 3.13. The molecule has 0 saturated heterocycles. The van der Waals surface area contributed by atoms with Gasteiger partial charge in [-0.1, -0.05) is 12.7 Å². The van der Waals surface area contributed by atoms with Crippen LogP contribution in [-0.4, -0.2) is 12.1 Å². The molecule has 10 heavy (non-hydrogen) atoms. The van der Waals surface area contributed by atoms with Crippen LogP contribution in [0.1, 0.15) is 13.8 Å². The SMILES string of the molecule is C=CC(/C=C/C)OC(C)=O. The van der Waals surface area contributed by atoms with Gasteiger partial charge in [-0.3, -0.25) is 4.79 Å². The van der Waals surface area contributed by atoms with Crippen LogP contribution < -0.4 is 0 Å². The van der Waals surface area contributed by atoms with E-state index in [1.807, 2.05) is 13.0 Å². The molecule has 0 N–H and O–H groups in total. The highest BCUT2D eigenvalue weighted by Crippen LogP contribution is 1.95. The van der Waals surface area contributed by atoms with Gasteiger partial charge in [0.2, 0.25) is 0 Å². The molecule has 0 aromatic heterocycles. The van der Waals surface area contributed by atoms with Crippen molar-refractivity contribution in [1.82, 2.24) is 0 Å². The molecule has 0 aromatic rings. The van der Waals surface area contributed by atoms with E-state index in [0.29, 0.717) is 0 Å². The van der Waals surface area contributed by atoms with Crippen LogP contribution in [0, 0.1) is 0 Å². The molecular formula is C8H12O2. The summed E-state index contributed by atoms with van der Waals surface area (Å²) < 4.78 is 4.80. The number of ether oxygens (including phenoxy) is 1. The normalized spacial score (nSPS) is 13.0. The van der Waals surface area contributed by atoms with E-state index in [0.717, 1.165) is 0 Å². The third kappa shape index (κ3) is 3.89. The molecule has 0 heterocycles. The van der Waals surface area contributed by atoms with E-state index in [-0.39, 0.29) is 12.1 Å². The molecule has 2 nitrogen and oxygen atoms in total. The topological polar surface area (TPSA) is 26.3 Å². The van der Waals surface area contributed by atoms with Crippen molar-refractivity contribution >= 4 is 5.97 Å². The third-order valence-electron chi connectivity index (χ3n) is 0.916. The Bertz CT molecular complexity index is 147. The second kappa shape index (κ2) is 4.79. The van der Waals surface area contributed by atoms with Gasteiger partial charge in [-0.05, 0) is 19.1 Å². The number of hydrogen-bond donors (Lipinski definition) is 0. The maximum absolute atomic E-state index is 10.4. The predicted molar refractivity (Wildman–Crippen MR) is 40.6 cm³/mol. The molecule has 0 aliphatic heterocycles. The van der Waals surface area contributed by atoms with E-state index in [4.69, 9.17) is 4.74 Å². The second-order valence-electron chi connectivity index (χ2n) is 1.84. The summed E-state index contributed by atoms with van der Waals surface area (Å²) in [5, 5.41) is 0. The quantitative estimate of drug-likeness (QED) is 0.440. The van der Waals surface area contributed by atoms with E-state index in [9.17, 15) is 4.79 Å². The summed E-state index contributed by atoms with van der Waals surface area (Å²) in [5.74, 6) is -0.289. The van der Waals surface area contributed by atoms with Crippen molar-refractivity contribution < 1.29 is 9.53 Å². The van der Waals surface area contributed by atoms with Crippen LogP contribution in [0.15, 0.2) is 24.8 Å². The van der Waals surface area contributed by atoms with Crippen molar-refractivity contribution in [3.8, 4) is 0 Å². The average Bonchev–Trinajstić information content (AvgIpc) is 1.86. The summed E-state index contributed by atoms with van der Waals surface area (Å²) >= 11 is 0. The largest absolute Gasteiger partial charge is 0.454 e. The van der Waals surface area contributed by atoms with Crippen molar-refractivity contribution in [3.63, 3.8) is 0 Å². The Morgan fingerprint density at radius 1 is 1.70 bits per heavy atom. The summed E-state index contributed by atoms with van der Waals surface area (Å²) in [7, 11) is 0. The lowest BCUT2D eigenvalue weighted by molar-refractivity contribution is -0.142. The molecule has 0 aliphatic rings. The number of rotatable bonds is 3. The van der Waals surface area contributed by atoms with Crippen LogP contribution in [0.5, 0.6) is 0 Å². The first kappa shape index (κ1) is 8.95. The molecule has 0 rings (SSSR count). The maximum atomic E-state index is 10.4. The third-order valence-corrected chi connectivity index (χ3v) is 0.916. The van der Waals surface area contributed by atoms with Gasteiger partial charge in [0.25, 0.3) is 0 Å². The molecule has 0 spiro atoms. The Balaban J connectivity index is 3.83. The molecule has 0 aromatic carbocycles. The zero-order chi connectivity index (χ0) is 7.98. The van der Waals surface area contributed by atoms with Crippen LogP contribution >= 0.6 is 0 Å². The first-order valence-corrected chi connectivity index (χ1v) is 3.13. The lowest BCUT2D eigenvalue weighted by Crippen LogP contribution is -2.09. The molecule has 1 atom stereocenters. The fraction of sp³-hybridized carbons (Fsp3) is 0.375. The highest BCUT2D eigenvalue weighted by molar-refractivity contribution is 5.66. The van der Waals surface area contributed by atoms with Gasteiger partial charge in [-0.25, -0.2) is 0 Å². The Kier molecular flexibility index (Phi) is 4.29. The van der Waals surface area contributed by atoms with Gasteiger partial charge >= 0.3 is 5.97 Å². The highest BCUT2D eigenvalue weighted by atomic mass is 16.5. The Morgan fingerprint density at radius 2 is 2.30 bits per heavy atom. The van der Waals surface area contributed by atoms with Gasteiger partial charge in [0.15, 0.2) is 0 Å². The van der Waals surface area contributed by atoms with E-state index >= 15 is 0 Å². The fourth-order valence-electron chi connectivity index (χ4n) is 0.547. The molecule has 0 amide bonds. The van der Waals surface area contributed by atoms with Crippen molar-refractivity contribution in [3.05, 3.63) is 24.8 Å². The van der Waals surface area contributed by atoms with Gasteiger partial charge < -0.3 is 4.74 Å². The zero-order valence-electron chi connectivity index (χ0n) is 6.33. The molecule has 56 valence electrons. The molecular weight excluding hydrogens is 128 g/mol. The smallest absolute Gasteiger partial charge is 0.303 e. The Morgan fingerprint density at radius 3 is 2.60 bits per heavy atom. The summed E-state index contributed by atoms with van der Waals surface area (Å²) in [6.07, 6.45) is 4.87. The second-order valence-corrected chi connectivity index (χ2v) is 1.84. The van der Waals surface area contributed by atoms with E-state index in [2.05, 4.69) is 6.58 Å². The predicted octanol–water partition coefficient (Wildman–Crippen LogP) is 1.68. The van der Waals surface area contributed by atoms with Gasteiger partial charge in [0, 0.05) is 6.92 Å². The fourth-order valence-corrected chi connectivity index (χ4v) is 0.547. The van der Waals surface area contributed by atoms with Crippen molar-refractivity contribution in [2.75, 3.05) is 0 Å². The number of hydrogen-bond acceptors (Lipinski definition) is 2. The van der Waals surface area contributed by atoms with E-state index < -0.39 is 0 Å². The summed E-state index contributed by atoms with van der Waals surface area (Å²) in [6.45, 7) is 6.74. The molecule has 0 radical (unpaired) electrons. The lowest BCUT2D eigenvalue weighted by atomic mass is 10.3. The maximum Gasteiger partial charge on any atom is 0.303 e. The van der Waals surface area contributed by atoms with Gasteiger partial charge in [-0.2, -0.15) is 0 Å². The number of esters is 1. The minimum absolute atomic E-state index is 0.275. The standard InChI is InChI=1S/C8H12O2/c1-4-6-8(5-2)10-7(3)9/h4-6,8H,2H2,1,3H3/b6-4+. The van der Waals surface area contributed by atoms with Crippen LogP contribution in [0.3, 0.4) is 0 Å². The minimum atomic E-state index is -0.289. The summed E-state index contributed by atoms with van der Waals surface area (Å²) in [5.41, 5.74) is 0. The number of carbonyl (C=O) groups excluding carboxylic acids is 1. The van der Waals surface area contributed by atoms with Crippen LogP contribution in [0.2, 0.25) is 0 Å². The number of carbonyl (C=O) groups is 1. The van der Waals surface area contributed by atoms with Gasteiger partial charge in [0.1, 0.15) is 6.10 Å². The molecule has 0 fully saturated rings. The molecule has 0 bridgehead atoms. The van der Waals surface area contributed by atoms with E-state index in [1.165, 1.54) is 6.92 Å². The zero-order valence-corrected chi connectivity index (χ0v) is 6.33. The van der Waals surface area contributed by atoms with Crippen molar-refractivity contribution in [1.29, 1.82) is 0 Å². The summed E-state index contributed by atoms with van der Waals surface area (Å²) in [4.78, 5) is 10.4. The van der Waals surface area contributed by atoms with Crippen LogP contribution in [0.25, 0.3) is 0 Å². The minimum Gasteiger partial charge on any atom is -0.454 e. The van der Waals surface area contributed by atoms with Gasteiger partial charge in [0.05, 0.1) is 0 Å². The average molecular weight is 140 g/mol. The highest BCUT2D eigenvalue weighted by Gasteiger charge is 2.00. The van der Waals surface area contributed by atoms with Crippen LogP contribution in [-0.2, 0) is 9.53 Å². The van der Waals surface area contributed by atoms with Crippen molar-refractivity contribution in [2.45, 2.75) is 20.0 Å². The van der Waals surface area contributed by atoms with Crippen LogP contribution in [0.4, 0.5) is 0 Å². The lowest BCUT2D eigenvalue weighted by Gasteiger charge is -2.05. The summed E-state index contributed by atoms with van der Waals surface area (Å²) in [6, 6.07) is 0. The molecule has 0 saturated carbocycles. The monoisotopic (exact) mass is 140 g/mol. The van der Waals surface area contributed by atoms with Crippen molar-refractivity contribution in [2.24, 2.45) is 0 Å². The molecule has 2 heteroatoms. The molecule has 0 aliphatic carbocycles. The Labute approximate surface area is 61.2 Å². The van der Waals surface area contributed by atoms with Gasteiger partial charge in [-0.15, -0.1) is 0 Å². The Hall–Kier alpha value is -1.05. The van der Waals surface area contributed by atoms with E-state index in [1.54, 1.807) is 12.2 Å². The molecule has 1 unspecified atom stereocenters.